The van der Waals surface area contributed by atoms with E-state index in [0.717, 1.165) is 49.7 Å². The molecule has 0 bridgehead atoms. The lowest BCUT2D eigenvalue weighted by Crippen LogP contribution is -2.21. The highest BCUT2D eigenvalue weighted by Crippen LogP contribution is 2.23. The van der Waals surface area contributed by atoms with Crippen molar-refractivity contribution in [2.24, 2.45) is 5.92 Å². The summed E-state index contributed by atoms with van der Waals surface area (Å²) in [5.41, 5.74) is 1.04. The lowest BCUT2D eigenvalue weighted by molar-refractivity contribution is 0.219. The SMILES string of the molecule is CCCNc1snnc1CN1CCC(CO)C1. The first-order valence-corrected chi connectivity index (χ1v) is 6.99. The molecule has 96 valence electrons. The molecular formula is C11H20N4OS. The Morgan fingerprint density at radius 1 is 1.59 bits per heavy atom. The van der Waals surface area contributed by atoms with Crippen LogP contribution >= 0.6 is 11.5 Å². The van der Waals surface area contributed by atoms with Gasteiger partial charge in [-0.1, -0.05) is 11.4 Å². The summed E-state index contributed by atoms with van der Waals surface area (Å²) in [5.74, 6) is 0.439. The van der Waals surface area contributed by atoms with Crippen LogP contribution in [0.5, 0.6) is 0 Å². The molecule has 1 atom stereocenters. The number of rotatable bonds is 6. The largest absolute Gasteiger partial charge is 0.396 e. The van der Waals surface area contributed by atoms with E-state index in [1.54, 1.807) is 0 Å². The molecule has 0 amide bonds. The van der Waals surface area contributed by atoms with Gasteiger partial charge in [0.1, 0.15) is 10.7 Å². The van der Waals surface area contributed by atoms with Gasteiger partial charge in [-0.05, 0) is 25.3 Å². The maximum Gasteiger partial charge on any atom is 0.134 e. The Morgan fingerprint density at radius 3 is 3.18 bits per heavy atom. The van der Waals surface area contributed by atoms with E-state index in [0.29, 0.717) is 12.5 Å². The smallest absolute Gasteiger partial charge is 0.134 e. The van der Waals surface area contributed by atoms with E-state index in [1.807, 2.05) is 0 Å². The Morgan fingerprint density at radius 2 is 2.47 bits per heavy atom. The number of anilines is 1. The Labute approximate surface area is 106 Å². The third-order valence-corrected chi connectivity index (χ3v) is 3.82. The van der Waals surface area contributed by atoms with E-state index in [4.69, 9.17) is 5.11 Å². The zero-order valence-corrected chi connectivity index (χ0v) is 11.0. The molecule has 0 aliphatic carbocycles. The quantitative estimate of drug-likeness (QED) is 0.800. The van der Waals surface area contributed by atoms with Gasteiger partial charge in [-0.2, -0.15) is 0 Å². The van der Waals surface area contributed by atoms with Crippen LogP contribution in [0.4, 0.5) is 5.00 Å². The average molecular weight is 256 g/mol. The van der Waals surface area contributed by atoms with Crippen LogP contribution in [-0.4, -0.2) is 45.8 Å². The van der Waals surface area contributed by atoms with E-state index < -0.39 is 0 Å². The Balaban J connectivity index is 1.88. The molecule has 1 aromatic rings. The maximum atomic E-state index is 9.12. The number of aliphatic hydroxyl groups excluding tert-OH is 1. The molecular weight excluding hydrogens is 236 g/mol. The topological polar surface area (TPSA) is 61.3 Å². The first-order valence-electron chi connectivity index (χ1n) is 6.21. The van der Waals surface area contributed by atoms with Crippen molar-refractivity contribution >= 4 is 16.5 Å². The standard InChI is InChI=1S/C11H20N4OS/c1-2-4-12-11-10(13-14-17-11)7-15-5-3-9(6-15)8-16/h9,12,16H,2-8H2,1H3. The predicted octanol–water partition coefficient (Wildman–Crippen LogP) is 1.17. The summed E-state index contributed by atoms with van der Waals surface area (Å²) in [6.45, 7) is 6.28. The van der Waals surface area contributed by atoms with Crippen LogP contribution in [0.2, 0.25) is 0 Å². The highest BCUT2D eigenvalue weighted by atomic mass is 32.1. The van der Waals surface area contributed by atoms with Crippen molar-refractivity contribution in [1.82, 2.24) is 14.5 Å². The van der Waals surface area contributed by atoms with E-state index in [1.165, 1.54) is 11.5 Å². The fraction of sp³-hybridized carbons (Fsp3) is 0.818. The number of hydrogen-bond acceptors (Lipinski definition) is 6. The number of nitrogens with one attached hydrogen (secondary N) is 1. The van der Waals surface area contributed by atoms with Crippen LogP contribution in [0.15, 0.2) is 0 Å². The van der Waals surface area contributed by atoms with Gasteiger partial charge < -0.3 is 10.4 Å². The lowest BCUT2D eigenvalue weighted by atomic mass is 10.1. The summed E-state index contributed by atoms with van der Waals surface area (Å²) in [5, 5.41) is 17.8. The molecule has 0 aromatic carbocycles. The molecule has 1 fully saturated rings. The molecule has 0 saturated carbocycles. The van der Waals surface area contributed by atoms with Gasteiger partial charge in [0.15, 0.2) is 0 Å². The molecule has 0 radical (unpaired) electrons. The highest BCUT2D eigenvalue weighted by Gasteiger charge is 2.23. The summed E-state index contributed by atoms with van der Waals surface area (Å²) in [4.78, 5) is 2.34. The molecule has 1 aliphatic heterocycles. The fourth-order valence-electron chi connectivity index (χ4n) is 2.10. The molecule has 0 spiro atoms. The average Bonchev–Trinajstić information content (AvgIpc) is 2.96. The number of aliphatic hydroxyl groups is 1. The molecule has 17 heavy (non-hydrogen) atoms. The van der Waals surface area contributed by atoms with Crippen molar-refractivity contribution in [3.63, 3.8) is 0 Å². The Hall–Kier alpha value is -0.720. The van der Waals surface area contributed by atoms with Gasteiger partial charge in [0, 0.05) is 37.8 Å². The van der Waals surface area contributed by atoms with E-state index in [9.17, 15) is 0 Å². The van der Waals surface area contributed by atoms with Gasteiger partial charge in [-0.15, -0.1) is 5.10 Å². The zero-order valence-electron chi connectivity index (χ0n) is 10.2. The molecule has 1 aromatic heterocycles. The van der Waals surface area contributed by atoms with Crippen LogP contribution in [0.25, 0.3) is 0 Å². The summed E-state index contributed by atoms with van der Waals surface area (Å²) in [6.07, 6.45) is 2.19. The first-order chi connectivity index (χ1) is 8.33. The molecule has 1 saturated heterocycles. The second-order valence-corrected chi connectivity index (χ2v) is 5.30. The summed E-state index contributed by atoms with van der Waals surface area (Å²) >= 11 is 1.43. The zero-order chi connectivity index (χ0) is 12.1. The molecule has 5 nitrogen and oxygen atoms in total. The van der Waals surface area contributed by atoms with Gasteiger partial charge in [0.2, 0.25) is 0 Å². The van der Waals surface area contributed by atoms with Crippen molar-refractivity contribution in [3.05, 3.63) is 5.69 Å². The molecule has 2 N–H and O–H groups in total. The Kier molecular flexibility index (Phi) is 4.70. The normalized spacial score (nSPS) is 20.9. The minimum absolute atomic E-state index is 0.298. The third kappa shape index (κ3) is 3.37. The fourth-order valence-corrected chi connectivity index (χ4v) is 2.70. The van der Waals surface area contributed by atoms with Crippen LogP contribution in [0.1, 0.15) is 25.5 Å². The first kappa shape index (κ1) is 12.7. The highest BCUT2D eigenvalue weighted by molar-refractivity contribution is 7.10. The molecule has 6 heteroatoms. The van der Waals surface area contributed by atoms with Crippen LogP contribution in [0, 0.1) is 5.92 Å². The Bertz CT molecular complexity index is 344. The summed E-state index contributed by atoms with van der Waals surface area (Å²) in [7, 11) is 0. The minimum Gasteiger partial charge on any atom is -0.396 e. The van der Waals surface area contributed by atoms with Crippen molar-refractivity contribution in [2.75, 3.05) is 31.6 Å². The van der Waals surface area contributed by atoms with Gasteiger partial charge in [0.25, 0.3) is 0 Å². The second kappa shape index (κ2) is 6.28. The molecule has 1 unspecified atom stereocenters. The molecule has 2 heterocycles. The maximum absolute atomic E-state index is 9.12. The van der Waals surface area contributed by atoms with Gasteiger partial charge in [0.05, 0.1) is 0 Å². The van der Waals surface area contributed by atoms with Crippen molar-refractivity contribution < 1.29 is 5.11 Å². The van der Waals surface area contributed by atoms with Gasteiger partial charge in [-0.25, -0.2) is 0 Å². The minimum atomic E-state index is 0.298. The number of aromatic nitrogens is 2. The molecule has 1 aliphatic rings. The second-order valence-electron chi connectivity index (χ2n) is 4.55. The third-order valence-electron chi connectivity index (χ3n) is 3.09. The summed E-state index contributed by atoms with van der Waals surface area (Å²) < 4.78 is 4.01. The van der Waals surface area contributed by atoms with Crippen molar-refractivity contribution in [2.45, 2.75) is 26.3 Å². The van der Waals surface area contributed by atoms with Crippen molar-refractivity contribution in [1.29, 1.82) is 0 Å². The van der Waals surface area contributed by atoms with E-state index in [-0.39, 0.29) is 0 Å². The van der Waals surface area contributed by atoms with Gasteiger partial charge in [-0.3, -0.25) is 4.90 Å². The number of nitrogens with zero attached hydrogens (tertiary/aromatic N) is 3. The molecule has 2 rings (SSSR count). The lowest BCUT2D eigenvalue weighted by Gasteiger charge is -2.14. The van der Waals surface area contributed by atoms with Crippen LogP contribution in [-0.2, 0) is 6.54 Å². The van der Waals surface area contributed by atoms with Crippen LogP contribution in [0.3, 0.4) is 0 Å². The van der Waals surface area contributed by atoms with Crippen molar-refractivity contribution in [3.8, 4) is 0 Å². The van der Waals surface area contributed by atoms with E-state index in [2.05, 4.69) is 26.7 Å². The number of hydrogen-bond donors (Lipinski definition) is 2. The predicted molar refractivity (Wildman–Crippen MR) is 69.2 cm³/mol. The number of likely N-dealkylation sites (tertiary alicyclic amines) is 1. The monoisotopic (exact) mass is 256 g/mol. The van der Waals surface area contributed by atoms with Gasteiger partial charge >= 0.3 is 0 Å². The van der Waals surface area contributed by atoms with E-state index >= 15 is 0 Å². The summed E-state index contributed by atoms with van der Waals surface area (Å²) in [6, 6.07) is 0. The van der Waals surface area contributed by atoms with Crippen LogP contribution < -0.4 is 5.32 Å².